The van der Waals surface area contributed by atoms with E-state index in [0.29, 0.717) is 24.7 Å². The highest BCUT2D eigenvalue weighted by atomic mass is 32.2. The molecular formula is C30H27FN2O5S. The van der Waals surface area contributed by atoms with Crippen molar-refractivity contribution < 1.29 is 27.1 Å². The van der Waals surface area contributed by atoms with Gasteiger partial charge in [0.25, 0.3) is 10.0 Å². The van der Waals surface area contributed by atoms with Crippen molar-refractivity contribution in [3.63, 3.8) is 0 Å². The number of sulfonamides is 1. The molecule has 5 rings (SSSR count). The van der Waals surface area contributed by atoms with Crippen molar-refractivity contribution >= 4 is 21.6 Å². The highest BCUT2D eigenvalue weighted by molar-refractivity contribution is 7.92. The predicted molar refractivity (Wildman–Crippen MR) is 146 cm³/mol. The van der Waals surface area contributed by atoms with E-state index < -0.39 is 34.3 Å². The zero-order valence-electron chi connectivity index (χ0n) is 21.2. The number of hydrogen-bond donors (Lipinski definition) is 1. The number of hydrogen-bond acceptors (Lipinski definition) is 5. The first-order chi connectivity index (χ1) is 18.8. The fraction of sp³-hybridized carbons (Fsp3) is 0.167. The Labute approximate surface area is 226 Å². The van der Waals surface area contributed by atoms with Crippen LogP contribution in [0.1, 0.15) is 22.7 Å². The van der Waals surface area contributed by atoms with E-state index in [1.54, 1.807) is 0 Å². The average molecular weight is 547 g/mol. The summed E-state index contributed by atoms with van der Waals surface area (Å²) < 4.78 is 53.5. The lowest BCUT2D eigenvalue weighted by Gasteiger charge is -2.27. The Morgan fingerprint density at radius 3 is 2.28 bits per heavy atom. The number of rotatable bonds is 8. The minimum absolute atomic E-state index is 0.0811. The van der Waals surface area contributed by atoms with Crippen molar-refractivity contribution in [3.8, 4) is 11.5 Å². The molecule has 0 saturated carbocycles. The number of fused-ring (bicyclic) bond motifs is 1. The topological polar surface area (TPSA) is 84.9 Å². The van der Waals surface area contributed by atoms with Crippen LogP contribution < -0.4 is 19.1 Å². The van der Waals surface area contributed by atoms with Crippen LogP contribution in [0, 0.1) is 12.7 Å². The van der Waals surface area contributed by atoms with E-state index in [4.69, 9.17) is 9.47 Å². The molecule has 0 saturated heterocycles. The maximum absolute atomic E-state index is 13.9. The van der Waals surface area contributed by atoms with Gasteiger partial charge in [0.15, 0.2) is 11.5 Å². The summed E-state index contributed by atoms with van der Waals surface area (Å²) >= 11 is 0. The molecule has 0 aliphatic carbocycles. The largest absolute Gasteiger partial charge is 0.486 e. The number of ether oxygens (including phenoxy) is 2. The third-order valence-electron chi connectivity index (χ3n) is 6.44. The molecule has 0 fully saturated rings. The van der Waals surface area contributed by atoms with Gasteiger partial charge in [0.05, 0.1) is 16.6 Å². The number of nitrogens with zero attached hydrogens (tertiary/aromatic N) is 1. The number of carbonyl (C=O) groups excluding carboxylic acids is 1. The van der Waals surface area contributed by atoms with Crippen LogP contribution in [0.2, 0.25) is 0 Å². The van der Waals surface area contributed by atoms with Gasteiger partial charge in [-0.1, -0.05) is 54.6 Å². The van der Waals surface area contributed by atoms with Crippen molar-refractivity contribution in [3.05, 3.63) is 120 Å². The van der Waals surface area contributed by atoms with Gasteiger partial charge in [-0.05, 0) is 60.0 Å². The molecule has 4 aromatic carbocycles. The first-order valence-electron chi connectivity index (χ1n) is 12.4. The van der Waals surface area contributed by atoms with E-state index in [1.807, 2.05) is 61.5 Å². The Morgan fingerprint density at radius 1 is 0.897 bits per heavy atom. The second kappa shape index (κ2) is 11.2. The Balaban J connectivity index is 1.49. The molecule has 1 N–H and O–H groups in total. The Kier molecular flexibility index (Phi) is 7.51. The Hall–Kier alpha value is -4.37. The molecule has 1 aliphatic rings. The molecule has 1 heterocycles. The first kappa shape index (κ1) is 26.2. The van der Waals surface area contributed by atoms with Crippen molar-refractivity contribution in [2.75, 3.05) is 24.1 Å². The molecule has 1 atom stereocenters. The second-order valence-electron chi connectivity index (χ2n) is 9.06. The highest BCUT2D eigenvalue weighted by Gasteiger charge is 2.30. The van der Waals surface area contributed by atoms with Crippen molar-refractivity contribution in [2.45, 2.75) is 17.9 Å². The normalized spacial score (nSPS) is 13.4. The van der Waals surface area contributed by atoms with E-state index in [0.717, 1.165) is 33.1 Å². The first-order valence-corrected chi connectivity index (χ1v) is 13.8. The van der Waals surface area contributed by atoms with Gasteiger partial charge < -0.3 is 14.8 Å². The van der Waals surface area contributed by atoms with Crippen molar-refractivity contribution in [1.29, 1.82) is 0 Å². The zero-order chi connectivity index (χ0) is 27.4. The molecule has 0 spiro atoms. The van der Waals surface area contributed by atoms with Gasteiger partial charge in [-0.25, -0.2) is 12.8 Å². The zero-order valence-corrected chi connectivity index (χ0v) is 22.0. The van der Waals surface area contributed by atoms with Gasteiger partial charge in [-0.15, -0.1) is 0 Å². The van der Waals surface area contributed by atoms with Crippen LogP contribution in [0.4, 0.5) is 10.1 Å². The molecule has 39 heavy (non-hydrogen) atoms. The van der Waals surface area contributed by atoms with Gasteiger partial charge in [0.2, 0.25) is 5.91 Å². The smallest absolute Gasteiger partial charge is 0.264 e. The molecule has 0 radical (unpaired) electrons. The van der Waals surface area contributed by atoms with Crippen LogP contribution in [0.25, 0.3) is 0 Å². The van der Waals surface area contributed by atoms with Crippen molar-refractivity contribution in [2.24, 2.45) is 0 Å². The standard InChI is InChI=1S/C30H27FN2O5S/c1-21-7-5-6-10-26(21)30(22-8-3-2-4-9-22)32-29(34)20-33(24-13-11-23(31)12-14-24)39(35,36)25-15-16-27-28(19-25)38-18-17-37-27/h2-16,19,30H,17-18,20H2,1H3,(H,32,34)/t30-/m0/s1. The van der Waals surface area contributed by atoms with Gasteiger partial charge in [0.1, 0.15) is 25.6 Å². The van der Waals surface area contributed by atoms with E-state index in [2.05, 4.69) is 5.32 Å². The van der Waals surface area contributed by atoms with E-state index in [9.17, 15) is 17.6 Å². The predicted octanol–water partition coefficient (Wildman–Crippen LogP) is 5.01. The van der Waals surface area contributed by atoms with Crippen LogP contribution in [0.5, 0.6) is 11.5 Å². The molecule has 200 valence electrons. The summed E-state index contributed by atoms with van der Waals surface area (Å²) in [5, 5.41) is 3.01. The molecule has 0 aromatic heterocycles. The summed E-state index contributed by atoms with van der Waals surface area (Å²) in [6, 6.07) is 25.9. The summed E-state index contributed by atoms with van der Waals surface area (Å²) in [5.74, 6) is -0.314. The van der Waals surface area contributed by atoms with Gasteiger partial charge in [0, 0.05) is 6.07 Å². The van der Waals surface area contributed by atoms with Crippen molar-refractivity contribution in [1.82, 2.24) is 5.32 Å². The fourth-order valence-corrected chi connectivity index (χ4v) is 5.90. The third kappa shape index (κ3) is 5.73. The number of aryl methyl sites for hydroxylation is 1. The molecular weight excluding hydrogens is 519 g/mol. The third-order valence-corrected chi connectivity index (χ3v) is 8.21. The Morgan fingerprint density at radius 2 is 1.56 bits per heavy atom. The number of benzene rings is 4. The summed E-state index contributed by atoms with van der Waals surface area (Å²) in [6.07, 6.45) is 0. The molecule has 0 unspecified atom stereocenters. The molecule has 9 heteroatoms. The number of nitrogens with one attached hydrogen (secondary N) is 1. The number of anilines is 1. The number of carbonyl (C=O) groups is 1. The monoisotopic (exact) mass is 546 g/mol. The molecule has 0 bridgehead atoms. The maximum Gasteiger partial charge on any atom is 0.264 e. The average Bonchev–Trinajstić information content (AvgIpc) is 2.96. The maximum atomic E-state index is 13.9. The van der Waals surface area contributed by atoms with E-state index >= 15 is 0 Å². The molecule has 4 aromatic rings. The lowest BCUT2D eigenvalue weighted by atomic mass is 9.95. The number of halogens is 1. The summed E-state index contributed by atoms with van der Waals surface area (Å²) in [4.78, 5) is 13.5. The lowest BCUT2D eigenvalue weighted by molar-refractivity contribution is -0.120. The van der Waals surface area contributed by atoms with Gasteiger partial charge in [-0.3, -0.25) is 9.10 Å². The molecule has 1 amide bonds. The van der Waals surface area contributed by atoms with E-state index in [1.165, 1.54) is 30.3 Å². The molecule has 7 nitrogen and oxygen atoms in total. The second-order valence-corrected chi connectivity index (χ2v) is 10.9. The lowest BCUT2D eigenvalue weighted by Crippen LogP contribution is -2.42. The Bertz CT molecular complexity index is 1580. The van der Waals surface area contributed by atoms with Crippen LogP contribution in [-0.4, -0.2) is 34.1 Å². The minimum Gasteiger partial charge on any atom is -0.486 e. The fourth-order valence-electron chi connectivity index (χ4n) is 4.47. The van der Waals surface area contributed by atoms with Crippen LogP contribution in [-0.2, 0) is 14.8 Å². The van der Waals surface area contributed by atoms with Crippen LogP contribution in [0.15, 0.2) is 102 Å². The summed E-state index contributed by atoms with van der Waals surface area (Å²) in [6.45, 7) is 2.08. The quantitative estimate of drug-likeness (QED) is 0.336. The minimum atomic E-state index is -4.25. The van der Waals surface area contributed by atoms with Crippen LogP contribution >= 0.6 is 0 Å². The summed E-state index contributed by atoms with van der Waals surface area (Å²) in [7, 11) is -4.25. The number of amides is 1. The van der Waals surface area contributed by atoms with Gasteiger partial charge in [-0.2, -0.15) is 0 Å². The SMILES string of the molecule is Cc1ccccc1[C@@H](NC(=O)CN(c1ccc(F)cc1)S(=O)(=O)c1ccc2c(c1)OCCO2)c1ccccc1. The van der Waals surface area contributed by atoms with Crippen LogP contribution in [0.3, 0.4) is 0 Å². The highest BCUT2D eigenvalue weighted by Crippen LogP contribution is 2.34. The summed E-state index contributed by atoms with van der Waals surface area (Å²) in [5.41, 5.74) is 2.86. The van der Waals surface area contributed by atoms with Gasteiger partial charge >= 0.3 is 0 Å². The molecule has 1 aliphatic heterocycles. The van der Waals surface area contributed by atoms with E-state index in [-0.39, 0.29) is 10.6 Å².